The molecule has 0 aliphatic rings. The van der Waals surface area contributed by atoms with Gasteiger partial charge in [-0.25, -0.2) is 4.57 Å². The predicted molar refractivity (Wildman–Crippen MR) is 244 cm³/mol. The number of quaternary nitrogens is 1. The number of phosphoric acid groups is 1. The summed E-state index contributed by atoms with van der Waals surface area (Å²) < 4.78 is 34.1. The topological polar surface area (TPSA) is 129 Å². The monoisotopic (exact) mass is 845 g/mol. The second kappa shape index (κ2) is 38.8. The van der Waals surface area contributed by atoms with Gasteiger partial charge in [0.2, 0.25) is 0 Å². The van der Waals surface area contributed by atoms with Crippen LogP contribution in [-0.4, -0.2) is 86.1 Å². The molecule has 0 aliphatic carbocycles. The first-order valence-electron chi connectivity index (χ1n) is 21.7. The normalized spacial score (nSPS) is 15.2. The highest BCUT2D eigenvalue weighted by atomic mass is 31.2. The van der Waals surface area contributed by atoms with E-state index in [0.717, 1.165) is 57.8 Å². The van der Waals surface area contributed by atoms with Gasteiger partial charge in [0, 0.05) is 12.8 Å². The molecule has 334 valence electrons. The molecule has 0 spiro atoms. The minimum Gasteiger partial charge on any atom is -0.462 e. The smallest absolute Gasteiger partial charge is 0.462 e. The second-order valence-electron chi connectivity index (χ2n) is 15.2. The summed E-state index contributed by atoms with van der Waals surface area (Å²) in [5.74, 6) is -0.976. The number of esters is 2. The number of aliphatic hydroxyl groups is 1. The molecule has 3 atom stereocenters. The Labute approximate surface area is 358 Å². The molecule has 2 N–H and O–H groups in total. The Kier molecular flexibility index (Phi) is 36.6. The highest BCUT2D eigenvalue weighted by molar-refractivity contribution is 7.47. The van der Waals surface area contributed by atoms with E-state index < -0.39 is 38.6 Å². The number of allylic oxidation sites excluding steroid dienone is 16. The van der Waals surface area contributed by atoms with Crippen molar-refractivity contribution < 1.29 is 47.2 Å². The van der Waals surface area contributed by atoms with Crippen molar-refractivity contribution in [3.63, 3.8) is 0 Å². The average Bonchev–Trinajstić information content (AvgIpc) is 3.18. The summed E-state index contributed by atoms with van der Waals surface area (Å²) in [6, 6.07) is 0. The maximum Gasteiger partial charge on any atom is 0.472 e. The standard InChI is InChI=1S/C48H78NO9P/c1-6-8-10-11-12-13-14-15-16-19-22-25-28-31-35-39-47(51)55-43-46(44-57-59(53,54)56-42-41-49(3,4)5)58-48(52)40-36-32-29-26-23-20-17-18-21-24-27-30-34-38-45(50)37-33-9-7-2/h9,12-13,15-16,18,20-23,25,27,29-30,32-34,38,45-46,50H,6-8,10-11,14,17,19,24,26,28,31,35-37,39-44H2,1-5H3/p+1/b13-12-,16-15-,21-18-,23-20-,25-22-,30-27+,32-29-,33-9-,38-34+/t45?,46-/m1/s1. The maximum atomic E-state index is 12.7. The summed E-state index contributed by atoms with van der Waals surface area (Å²) in [6.07, 6.45) is 49.2. The number of aliphatic hydroxyl groups excluding tert-OH is 1. The van der Waals surface area contributed by atoms with E-state index in [2.05, 4.69) is 74.6 Å². The van der Waals surface area contributed by atoms with Crippen LogP contribution >= 0.6 is 7.82 Å². The SMILES string of the molecule is CC/C=C\CC(O)/C=C/C=C/C/C=C\C/C=C\C/C=C\CCC(=O)O[C@H](COC(=O)CCCC/C=C\C/C=C\C/C=C\CCCCC)COP(=O)(O)OCC[N+](C)(C)C. The lowest BCUT2D eigenvalue weighted by Crippen LogP contribution is -2.37. The Morgan fingerprint density at radius 2 is 1.19 bits per heavy atom. The lowest BCUT2D eigenvalue weighted by atomic mass is 10.1. The van der Waals surface area contributed by atoms with E-state index in [1.54, 1.807) is 6.08 Å². The molecular formula is C48H79NO9P+. The van der Waals surface area contributed by atoms with Crippen molar-refractivity contribution in [2.45, 2.75) is 135 Å². The zero-order chi connectivity index (χ0) is 43.7. The Morgan fingerprint density at radius 1 is 0.627 bits per heavy atom. The van der Waals surface area contributed by atoms with E-state index in [4.69, 9.17) is 18.5 Å². The van der Waals surface area contributed by atoms with Gasteiger partial charge in [0.1, 0.15) is 19.8 Å². The molecule has 10 nitrogen and oxygen atoms in total. The molecule has 2 unspecified atom stereocenters. The number of phosphoric ester groups is 1. The number of hydrogen-bond acceptors (Lipinski definition) is 8. The van der Waals surface area contributed by atoms with Crippen LogP contribution in [0.25, 0.3) is 0 Å². The Morgan fingerprint density at radius 3 is 1.76 bits per heavy atom. The highest BCUT2D eigenvalue weighted by Crippen LogP contribution is 2.43. The minimum atomic E-state index is -4.42. The summed E-state index contributed by atoms with van der Waals surface area (Å²) in [5, 5.41) is 9.85. The summed E-state index contributed by atoms with van der Waals surface area (Å²) >= 11 is 0. The zero-order valence-corrected chi connectivity index (χ0v) is 37.9. The Bertz CT molecular complexity index is 1380. The summed E-state index contributed by atoms with van der Waals surface area (Å²) in [6.45, 7) is 4.00. The third-order valence-corrected chi connectivity index (χ3v) is 9.37. The number of nitrogens with zero attached hydrogens (tertiary/aromatic N) is 1. The van der Waals surface area contributed by atoms with E-state index in [9.17, 15) is 24.2 Å². The van der Waals surface area contributed by atoms with Crippen LogP contribution in [0.3, 0.4) is 0 Å². The number of ether oxygens (including phenoxy) is 2. The van der Waals surface area contributed by atoms with Gasteiger partial charge >= 0.3 is 19.8 Å². The van der Waals surface area contributed by atoms with Gasteiger partial charge in [-0.3, -0.25) is 18.6 Å². The predicted octanol–water partition coefficient (Wildman–Crippen LogP) is 11.3. The first kappa shape index (κ1) is 55.6. The molecule has 59 heavy (non-hydrogen) atoms. The fourth-order valence-electron chi connectivity index (χ4n) is 4.95. The van der Waals surface area contributed by atoms with E-state index >= 15 is 0 Å². The highest BCUT2D eigenvalue weighted by Gasteiger charge is 2.27. The van der Waals surface area contributed by atoms with Gasteiger partial charge in [-0.2, -0.15) is 0 Å². The first-order chi connectivity index (χ1) is 28.4. The van der Waals surface area contributed by atoms with E-state index in [1.807, 2.05) is 63.7 Å². The molecule has 0 rings (SSSR count). The Hall–Kier alpha value is -3.37. The van der Waals surface area contributed by atoms with Crippen LogP contribution < -0.4 is 0 Å². The van der Waals surface area contributed by atoms with Crippen LogP contribution in [0.15, 0.2) is 109 Å². The number of carbonyl (C=O) groups is 2. The van der Waals surface area contributed by atoms with Gasteiger partial charge in [-0.15, -0.1) is 0 Å². The third kappa shape index (κ3) is 42.6. The molecule has 0 radical (unpaired) electrons. The van der Waals surface area contributed by atoms with E-state index in [1.165, 1.54) is 19.3 Å². The molecule has 0 amide bonds. The van der Waals surface area contributed by atoms with Gasteiger partial charge < -0.3 is 24.0 Å². The van der Waals surface area contributed by atoms with Gasteiger partial charge in [0.25, 0.3) is 0 Å². The van der Waals surface area contributed by atoms with Gasteiger partial charge in [0.05, 0.1) is 33.9 Å². The lowest BCUT2D eigenvalue weighted by Gasteiger charge is -2.24. The van der Waals surface area contributed by atoms with Crippen molar-refractivity contribution in [3.05, 3.63) is 109 Å². The summed E-state index contributed by atoms with van der Waals surface area (Å²) in [4.78, 5) is 35.3. The zero-order valence-electron chi connectivity index (χ0n) is 37.0. The number of hydrogen-bond donors (Lipinski definition) is 2. The largest absolute Gasteiger partial charge is 0.472 e. The van der Waals surface area contributed by atoms with E-state index in [0.29, 0.717) is 30.3 Å². The van der Waals surface area contributed by atoms with Crippen LogP contribution in [0, 0.1) is 0 Å². The van der Waals surface area contributed by atoms with E-state index in [-0.39, 0.29) is 26.1 Å². The number of carbonyl (C=O) groups excluding carboxylic acids is 2. The average molecular weight is 845 g/mol. The van der Waals surface area contributed by atoms with Crippen molar-refractivity contribution in [1.82, 2.24) is 0 Å². The minimum absolute atomic E-state index is 0.00170. The summed E-state index contributed by atoms with van der Waals surface area (Å²) in [5.41, 5.74) is 0. The molecule has 0 aromatic heterocycles. The molecule has 0 aromatic carbocycles. The number of rotatable bonds is 37. The first-order valence-corrected chi connectivity index (χ1v) is 23.2. The molecular weight excluding hydrogens is 766 g/mol. The van der Waals surface area contributed by atoms with Gasteiger partial charge in [-0.05, 0) is 83.5 Å². The fraction of sp³-hybridized carbons (Fsp3) is 0.583. The van der Waals surface area contributed by atoms with Gasteiger partial charge in [-0.1, -0.05) is 136 Å². The molecule has 0 aliphatic heterocycles. The quantitative estimate of drug-likeness (QED) is 0.0157. The van der Waals surface area contributed by atoms with Crippen molar-refractivity contribution in [2.24, 2.45) is 0 Å². The van der Waals surface area contributed by atoms with Crippen LogP contribution in [0.4, 0.5) is 0 Å². The van der Waals surface area contributed by atoms with Crippen LogP contribution in [0.5, 0.6) is 0 Å². The molecule has 0 saturated heterocycles. The van der Waals surface area contributed by atoms with Crippen molar-refractivity contribution in [1.29, 1.82) is 0 Å². The molecule has 0 bridgehead atoms. The molecule has 0 fully saturated rings. The van der Waals surface area contributed by atoms with Crippen molar-refractivity contribution >= 4 is 19.8 Å². The fourth-order valence-corrected chi connectivity index (χ4v) is 5.69. The van der Waals surface area contributed by atoms with Crippen molar-refractivity contribution in [3.8, 4) is 0 Å². The Balaban J connectivity index is 4.63. The van der Waals surface area contributed by atoms with Gasteiger partial charge in [0.15, 0.2) is 6.10 Å². The molecule has 0 aromatic rings. The molecule has 0 saturated carbocycles. The number of likely N-dealkylation sites (N-methyl/N-ethyl adjacent to an activating group) is 1. The molecule has 0 heterocycles. The van der Waals surface area contributed by atoms with Crippen LogP contribution in [-0.2, 0) is 32.7 Å². The third-order valence-electron chi connectivity index (χ3n) is 8.38. The number of unbranched alkanes of at least 4 members (excludes halogenated alkanes) is 5. The lowest BCUT2D eigenvalue weighted by molar-refractivity contribution is -0.870. The summed E-state index contributed by atoms with van der Waals surface area (Å²) in [7, 11) is 1.36. The van der Waals surface area contributed by atoms with Crippen molar-refractivity contribution in [2.75, 3.05) is 47.5 Å². The van der Waals surface area contributed by atoms with Crippen LogP contribution in [0.1, 0.15) is 123 Å². The van der Waals surface area contributed by atoms with Crippen LogP contribution in [0.2, 0.25) is 0 Å². The molecule has 11 heteroatoms. The maximum absolute atomic E-state index is 12.7. The second-order valence-corrected chi connectivity index (χ2v) is 16.6.